The lowest BCUT2D eigenvalue weighted by atomic mass is 9.83. The Morgan fingerprint density at radius 1 is 1.42 bits per heavy atom. The van der Waals surface area contributed by atoms with E-state index in [-0.39, 0.29) is 12.5 Å². The first-order valence-electron chi connectivity index (χ1n) is 7.13. The van der Waals surface area contributed by atoms with Gasteiger partial charge in [0.25, 0.3) is 0 Å². The Morgan fingerprint density at radius 3 is 2.47 bits per heavy atom. The van der Waals surface area contributed by atoms with Gasteiger partial charge in [-0.25, -0.2) is 4.79 Å². The molecule has 110 valence electrons. The zero-order valence-corrected chi connectivity index (χ0v) is 12.2. The van der Waals surface area contributed by atoms with E-state index in [1.807, 2.05) is 20.8 Å². The first-order chi connectivity index (χ1) is 8.88. The highest BCUT2D eigenvalue weighted by atomic mass is 16.4. The summed E-state index contributed by atoms with van der Waals surface area (Å²) in [5, 5.41) is 9.60. The second-order valence-corrected chi connectivity index (χ2v) is 5.77. The van der Waals surface area contributed by atoms with Crippen LogP contribution < -0.4 is 5.73 Å². The molecule has 3 N–H and O–H groups in total. The average molecular weight is 270 g/mol. The Morgan fingerprint density at radius 2 is 2.05 bits per heavy atom. The van der Waals surface area contributed by atoms with Gasteiger partial charge in [-0.2, -0.15) is 0 Å². The molecule has 0 radical (unpaired) electrons. The van der Waals surface area contributed by atoms with Crippen LogP contribution in [-0.2, 0) is 9.59 Å². The van der Waals surface area contributed by atoms with Crippen molar-refractivity contribution in [3.8, 4) is 0 Å². The molecule has 0 aromatic heterocycles. The second-order valence-electron chi connectivity index (χ2n) is 5.77. The van der Waals surface area contributed by atoms with E-state index in [9.17, 15) is 14.7 Å². The number of carbonyl (C=O) groups is 2. The van der Waals surface area contributed by atoms with Crippen molar-refractivity contribution in [2.24, 2.45) is 11.1 Å². The highest BCUT2D eigenvalue weighted by Gasteiger charge is 2.52. The lowest BCUT2D eigenvalue weighted by Crippen LogP contribution is -2.57. The summed E-state index contributed by atoms with van der Waals surface area (Å²) in [6, 6.07) is 0. The number of carbonyl (C=O) groups excluding carboxylic acids is 1. The largest absolute Gasteiger partial charge is 0.479 e. The summed E-state index contributed by atoms with van der Waals surface area (Å²) in [5.74, 6) is -0.985. The van der Waals surface area contributed by atoms with Crippen molar-refractivity contribution in [1.82, 2.24) is 4.90 Å². The Kier molecular flexibility index (Phi) is 4.96. The fourth-order valence-electron chi connectivity index (χ4n) is 2.89. The zero-order valence-electron chi connectivity index (χ0n) is 12.2. The Balaban J connectivity index is 3.10. The molecule has 0 saturated carbocycles. The summed E-state index contributed by atoms with van der Waals surface area (Å²) in [6.07, 6.45) is 3.19. The lowest BCUT2D eigenvalue weighted by Gasteiger charge is -2.40. The molecular formula is C14H26N2O3. The summed E-state index contributed by atoms with van der Waals surface area (Å²) < 4.78 is 0. The number of carboxylic acids is 1. The molecule has 1 aliphatic heterocycles. The standard InChI is InChI=1S/C14H26N2O3/c1-4-7-14(12(18)19)8-6-9-16(14)11(17)13(3,5-2)10-15/h4-10,15H2,1-3H3,(H,18,19). The fraction of sp³-hybridized carbons (Fsp3) is 0.857. The number of amides is 1. The van der Waals surface area contributed by atoms with E-state index in [4.69, 9.17) is 5.73 Å². The van der Waals surface area contributed by atoms with Gasteiger partial charge in [-0.05, 0) is 32.6 Å². The molecule has 0 aliphatic carbocycles. The summed E-state index contributed by atoms with van der Waals surface area (Å²) in [4.78, 5) is 26.0. The highest BCUT2D eigenvalue weighted by molar-refractivity contribution is 5.90. The minimum Gasteiger partial charge on any atom is -0.479 e. The van der Waals surface area contributed by atoms with Gasteiger partial charge in [-0.3, -0.25) is 4.79 Å². The molecule has 5 nitrogen and oxygen atoms in total. The summed E-state index contributed by atoms with van der Waals surface area (Å²) in [7, 11) is 0. The van der Waals surface area contributed by atoms with Crippen LogP contribution in [0.2, 0.25) is 0 Å². The normalized spacial score (nSPS) is 26.2. The SMILES string of the molecule is CCCC1(C(=O)O)CCCN1C(=O)C(C)(CC)CN. The minimum absolute atomic E-state index is 0.106. The molecule has 5 heteroatoms. The first-order valence-corrected chi connectivity index (χ1v) is 7.13. The van der Waals surface area contributed by atoms with Gasteiger partial charge in [-0.15, -0.1) is 0 Å². The first kappa shape index (κ1) is 16.0. The minimum atomic E-state index is -1.02. The van der Waals surface area contributed by atoms with Crippen LogP contribution in [0.4, 0.5) is 0 Å². The molecule has 1 saturated heterocycles. The summed E-state index contributed by atoms with van der Waals surface area (Å²) in [5.41, 5.74) is 4.06. The van der Waals surface area contributed by atoms with Crippen LogP contribution in [0.15, 0.2) is 0 Å². The molecule has 1 amide bonds. The average Bonchev–Trinajstić information content (AvgIpc) is 2.82. The molecule has 0 bridgehead atoms. The van der Waals surface area contributed by atoms with Gasteiger partial charge in [0.2, 0.25) is 5.91 Å². The van der Waals surface area contributed by atoms with Gasteiger partial charge >= 0.3 is 5.97 Å². The molecule has 19 heavy (non-hydrogen) atoms. The molecule has 1 heterocycles. The van der Waals surface area contributed by atoms with E-state index in [0.29, 0.717) is 25.8 Å². The van der Waals surface area contributed by atoms with Crippen LogP contribution in [-0.4, -0.2) is 40.5 Å². The second kappa shape index (κ2) is 5.90. The molecule has 0 aromatic carbocycles. The predicted molar refractivity (Wildman–Crippen MR) is 73.7 cm³/mol. The number of hydrogen-bond acceptors (Lipinski definition) is 3. The maximum atomic E-state index is 12.7. The van der Waals surface area contributed by atoms with Crippen molar-refractivity contribution in [2.75, 3.05) is 13.1 Å². The Hall–Kier alpha value is -1.10. The Bertz CT molecular complexity index is 353. The summed E-state index contributed by atoms with van der Waals surface area (Å²) in [6.45, 7) is 6.48. The molecule has 2 unspecified atom stereocenters. The van der Waals surface area contributed by atoms with E-state index in [1.54, 1.807) is 4.90 Å². The van der Waals surface area contributed by atoms with Crippen LogP contribution in [0.3, 0.4) is 0 Å². The fourth-order valence-corrected chi connectivity index (χ4v) is 2.89. The zero-order chi connectivity index (χ0) is 14.7. The van der Waals surface area contributed by atoms with E-state index in [0.717, 1.165) is 12.8 Å². The van der Waals surface area contributed by atoms with Crippen LogP contribution >= 0.6 is 0 Å². The van der Waals surface area contributed by atoms with Crippen molar-refractivity contribution >= 4 is 11.9 Å². The van der Waals surface area contributed by atoms with Crippen LogP contribution in [0.25, 0.3) is 0 Å². The van der Waals surface area contributed by atoms with Gasteiger partial charge in [-0.1, -0.05) is 20.3 Å². The van der Waals surface area contributed by atoms with E-state index < -0.39 is 16.9 Å². The topological polar surface area (TPSA) is 83.6 Å². The third-order valence-electron chi connectivity index (χ3n) is 4.54. The molecule has 1 fully saturated rings. The van der Waals surface area contributed by atoms with Gasteiger partial charge < -0.3 is 15.7 Å². The van der Waals surface area contributed by atoms with Crippen molar-refractivity contribution in [3.63, 3.8) is 0 Å². The van der Waals surface area contributed by atoms with Crippen molar-refractivity contribution in [2.45, 2.75) is 58.4 Å². The number of rotatable bonds is 6. The smallest absolute Gasteiger partial charge is 0.329 e. The quantitative estimate of drug-likeness (QED) is 0.768. The number of nitrogens with zero attached hydrogens (tertiary/aromatic N) is 1. The highest BCUT2D eigenvalue weighted by Crippen LogP contribution is 2.37. The maximum absolute atomic E-state index is 12.7. The maximum Gasteiger partial charge on any atom is 0.329 e. The van der Waals surface area contributed by atoms with Crippen LogP contribution in [0.1, 0.15) is 52.9 Å². The van der Waals surface area contributed by atoms with Crippen molar-refractivity contribution < 1.29 is 14.7 Å². The van der Waals surface area contributed by atoms with Crippen LogP contribution in [0.5, 0.6) is 0 Å². The molecule has 0 spiro atoms. The van der Waals surface area contributed by atoms with E-state index >= 15 is 0 Å². The molecule has 1 aliphatic rings. The van der Waals surface area contributed by atoms with E-state index in [2.05, 4.69) is 0 Å². The lowest BCUT2D eigenvalue weighted by molar-refractivity contribution is -0.161. The van der Waals surface area contributed by atoms with Gasteiger partial charge in [0.1, 0.15) is 5.54 Å². The van der Waals surface area contributed by atoms with Gasteiger partial charge in [0, 0.05) is 13.1 Å². The monoisotopic (exact) mass is 270 g/mol. The third-order valence-corrected chi connectivity index (χ3v) is 4.54. The van der Waals surface area contributed by atoms with Crippen LogP contribution in [0, 0.1) is 5.41 Å². The molecular weight excluding hydrogens is 244 g/mol. The predicted octanol–water partition coefficient (Wildman–Crippen LogP) is 1.61. The third kappa shape index (κ3) is 2.61. The molecule has 0 aromatic rings. The number of nitrogens with two attached hydrogens (primary N) is 1. The number of hydrogen-bond donors (Lipinski definition) is 2. The molecule has 1 rings (SSSR count). The number of carboxylic acid groups (broad SMARTS) is 1. The summed E-state index contributed by atoms with van der Waals surface area (Å²) >= 11 is 0. The van der Waals surface area contributed by atoms with Gasteiger partial charge in [0.05, 0.1) is 5.41 Å². The van der Waals surface area contributed by atoms with Crippen molar-refractivity contribution in [1.29, 1.82) is 0 Å². The number of aliphatic carboxylic acids is 1. The number of likely N-dealkylation sites (tertiary alicyclic amines) is 1. The Labute approximate surface area is 115 Å². The van der Waals surface area contributed by atoms with Gasteiger partial charge in [0.15, 0.2) is 0 Å². The van der Waals surface area contributed by atoms with Crippen molar-refractivity contribution in [3.05, 3.63) is 0 Å². The molecule has 2 atom stereocenters. The van der Waals surface area contributed by atoms with E-state index in [1.165, 1.54) is 0 Å².